The van der Waals surface area contributed by atoms with Crippen molar-refractivity contribution in [2.45, 2.75) is 19.6 Å². The predicted octanol–water partition coefficient (Wildman–Crippen LogP) is 4.63. The summed E-state index contributed by atoms with van der Waals surface area (Å²) in [5, 5.41) is 10.6. The van der Waals surface area contributed by atoms with Gasteiger partial charge in [-0.1, -0.05) is 41.4 Å². The first kappa shape index (κ1) is 14.2. The van der Waals surface area contributed by atoms with Crippen LogP contribution in [-0.4, -0.2) is 5.11 Å². The molecule has 0 saturated heterocycles. The molecule has 2 aromatic carbocycles. The zero-order valence-electron chi connectivity index (χ0n) is 10.4. The van der Waals surface area contributed by atoms with E-state index in [0.29, 0.717) is 22.4 Å². The summed E-state index contributed by atoms with van der Waals surface area (Å²) in [5.74, 6) is 0.712. The molecule has 0 aromatic heterocycles. The molecule has 1 atom stereocenters. The van der Waals surface area contributed by atoms with Gasteiger partial charge in [0, 0.05) is 0 Å². The monoisotopic (exact) mass is 296 g/mol. The summed E-state index contributed by atoms with van der Waals surface area (Å²) < 4.78 is 5.66. The van der Waals surface area contributed by atoms with Gasteiger partial charge in [0.2, 0.25) is 0 Å². The maximum Gasteiger partial charge on any atom is 0.120 e. The van der Waals surface area contributed by atoms with Crippen LogP contribution in [0.1, 0.15) is 24.2 Å². The number of hydrogen-bond acceptors (Lipinski definition) is 2. The summed E-state index contributed by atoms with van der Waals surface area (Å²) in [4.78, 5) is 0. The van der Waals surface area contributed by atoms with Gasteiger partial charge in [0.25, 0.3) is 0 Å². The van der Waals surface area contributed by atoms with Crippen LogP contribution in [0.25, 0.3) is 0 Å². The average Bonchev–Trinajstić information content (AvgIpc) is 2.40. The highest BCUT2D eigenvalue weighted by Gasteiger charge is 2.04. The minimum Gasteiger partial charge on any atom is -0.489 e. The third-order valence-corrected chi connectivity index (χ3v) is 3.47. The molecule has 0 radical (unpaired) electrons. The molecule has 1 N–H and O–H groups in total. The Bertz CT molecular complexity index is 568. The first-order valence-electron chi connectivity index (χ1n) is 5.91. The molecule has 2 nitrogen and oxygen atoms in total. The van der Waals surface area contributed by atoms with Crippen molar-refractivity contribution in [2.24, 2.45) is 0 Å². The van der Waals surface area contributed by atoms with Gasteiger partial charge in [-0.05, 0) is 42.3 Å². The van der Waals surface area contributed by atoms with Crippen LogP contribution in [0.15, 0.2) is 42.5 Å². The number of rotatable bonds is 4. The van der Waals surface area contributed by atoms with Gasteiger partial charge in [-0.25, -0.2) is 0 Å². The number of halogens is 2. The van der Waals surface area contributed by atoms with E-state index in [1.54, 1.807) is 19.1 Å². The van der Waals surface area contributed by atoms with E-state index in [0.717, 1.165) is 11.1 Å². The average molecular weight is 297 g/mol. The molecule has 2 rings (SSSR count). The molecule has 0 heterocycles. The molecule has 19 heavy (non-hydrogen) atoms. The number of benzene rings is 2. The zero-order chi connectivity index (χ0) is 13.8. The first-order chi connectivity index (χ1) is 9.06. The predicted molar refractivity (Wildman–Crippen MR) is 77.9 cm³/mol. The molecular formula is C15H14Cl2O2. The standard InChI is InChI=1S/C15H14Cl2O2/c1-10(18)12-3-2-4-13(8-12)19-9-11-5-6-14(16)15(17)7-11/h2-8,10,18H,9H2,1H3/t10-/m0/s1. The Morgan fingerprint density at radius 3 is 2.58 bits per heavy atom. The van der Waals surface area contributed by atoms with Gasteiger partial charge >= 0.3 is 0 Å². The van der Waals surface area contributed by atoms with E-state index < -0.39 is 6.10 Å². The van der Waals surface area contributed by atoms with Crippen molar-refractivity contribution in [1.29, 1.82) is 0 Å². The summed E-state index contributed by atoms with van der Waals surface area (Å²) in [6, 6.07) is 12.8. The molecule has 0 spiro atoms. The molecule has 0 saturated carbocycles. The van der Waals surface area contributed by atoms with E-state index in [-0.39, 0.29) is 0 Å². The van der Waals surface area contributed by atoms with Crippen molar-refractivity contribution in [1.82, 2.24) is 0 Å². The lowest BCUT2D eigenvalue weighted by molar-refractivity contribution is 0.198. The van der Waals surface area contributed by atoms with Crippen LogP contribution in [0.4, 0.5) is 0 Å². The van der Waals surface area contributed by atoms with E-state index in [1.165, 1.54) is 0 Å². The highest BCUT2D eigenvalue weighted by Crippen LogP contribution is 2.24. The number of ether oxygens (including phenoxy) is 1. The molecule has 0 unspecified atom stereocenters. The van der Waals surface area contributed by atoms with E-state index in [4.69, 9.17) is 27.9 Å². The van der Waals surface area contributed by atoms with E-state index >= 15 is 0 Å². The fourth-order valence-corrected chi connectivity index (χ4v) is 1.98. The lowest BCUT2D eigenvalue weighted by Crippen LogP contribution is -1.97. The summed E-state index contributed by atoms with van der Waals surface area (Å²) in [5.41, 5.74) is 1.77. The van der Waals surface area contributed by atoms with Gasteiger partial charge in [-0.15, -0.1) is 0 Å². The van der Waals surface area contributed by atoms with Gasteiger partial charge < -0.3 is 9.84 Å². The molecule has 0 amide bonds. The lowest BCUT2D eigenvalue weighted by Gasteiger charge is -2.10. The smallest absolute Gasteiger partial charge is 0.120 e. The van der Waals surface area contributed by atoms with E-state index in [2.05, 4.69) is 0 Å². The Kier molecular flexibility index (Phi) is 4.70. The second kappa shape index (κ2) is 6.29. The number of aliphatic hydroxyl groups excluding tert-OH is 1. The second-order valence-corrected chi connectivity index (χ2v) is 5.10. The zero-order valence-corrected chi connectivity index (χ0v) is 11.9. The van der Waals surface area contributed by atoms with Gasteiger partial charge in [0.05, 0.1) is 16.1 Å². The van der Waals surface area contributed by atoms with Crippen LogP contribution in [0, 0.1) is 0 Å². The Balaban J connectivity index is 2.05. The molecule has 100 valence electrons. The van der Waals surface area contributed by atoms with Crippen molar-refractivity contribution in [3.8, 4) is 5.75 Å². The number of aliphatic hydroxyl groups is 1. The van der Waals surface area contributed by atoms with Crippen LogP contribution < -0.4 is 4.74 Å². The van der Waals surface area contributed by atoms with Gasteiger partial charge in [-0.3, -0.25) is 0 Å². The van der Waals surface area contributed by atoms with Crippen LogP contribution in [0.5, 0.6) is 5.75 Å². The highest BCUT2D eigenvalue weighted by atomic mass is 35.5. The Morgan fingerprint density at radius 1 is 1.11 bits per heavy atom. The van der Waals surface area contributed by atoms with E-state index in [9.17, 15) is 5.11 Å². The Labute approximate surface area is 122 Å². The molecule has 0 fully saturated rings. The molecule has 4 heteroatoms. The molecule has 0 aliphatic heterocycles. The van der Waals surface area contributed by atoms with Crippen molar-refractivity contribution < 1.29 is 9.84 Å². The Hall–Kier alpha value is -1.22. The number of hydrogen-bond donors (Lipinski definition) is 1. The van der Waals surface area contributed by atoms with Gasteiger partial charge in [-0.2, -0.15) is 0 Å². The summed E-state index contributed by atoms with van der Waals surface area (Å²) in [6.45, 7) is 2.12. The Morgan fingerprint density at radius 2 is 1.89 bits per heavy atom. The molecule has 0 aliphatic carbocycles. The van der Waals surface area contributed by atoms with Crippen LogP contribution >= 0.6 is 23.2 Å². The fourth-order valence-electron chi connectivity index (χ4n) is 1.66. The second-order valence-electron chi connectivity index (χ2n) is 4.29. The van der Waals surface area contributed by atoms with Crippen molar-refractivity contribution >= 4 is 23.2 Å². The van der Waals surface area contributed by atoms with E-state index in [1.807, 2.05) is 30.3 Å². The first-order valence-corrected chi connectivity index (χ1v) is 6.66. The third-order valence-electron chi connectivity index (χ3n) is 2.73. The van der Waals surface area contributed by atoms with Crippen molar-refractivity contribution in [3.63, 3.8) is 0 Å². The van der Waals surface area contributed by atoms with Crippen molar-refractivity contribution in [3.05, 3.63) is 63.6 Å². The van der Waals surface area contributed by atoms with Crippen LogP contribution in [0.3, 0.4) is 0 Å². The topological polar surface area (TPSA) is 29.5 Å². The van der Waals surface area contributed by atoms with Gasteiger partial charge in [0.1, 0.15) is 12.4 Å². The van der Waals surface area contributed by atoms with Crippen molar-refractivity contribution in [2.75, 3.05) is 0 Å². The minimum absolute atomic E-state index is 0.403. The molecule has 0 aliphatic rings. The quantitative estimate of drug-likeness (QED) is 0.891. The summed E-state index contributed by atoms with van der Waals surface area (Å²) >= 11 is 11.8. The third kappa shape index (κ3) is 3.87. The van der Waals surface area contributed by atoms with Crippen LogP contribution in [-0.2, 0) is 6.61 Å². The maximum atomic E-state index is 9.51. The normalized spacial score (nSPS) is 12.2. The summed E-state index contributed by atoms with van der Waals surface area (Å²) in [6.07, 6.45) is -0.506. The lowest BCUT2D eigenvalue weighted by atomic mass is 10.1. The molecular weight excluding hydrogens is 283 g/mol. The fraction of sp³-hybridized carbons (Fsp3) is 0.200. The molecule has 2 aromatic rings. The highest BCUT2D eigenvalue weighted by molar-refractivity contribution is 6.42. The maximum absolute atomic E-state index is 9.51. The van der Waals surface area contributed by atoms with Crippen LogP contribution in [0.2, 0.25) is 10.0 Å². The van der Waals surface area contributed by atoms with Gasteiger partial charge in [0.15, 0.2) is 0 Å². The molecule has 0 bridgehead atoms. The minimum atomic E-state index is -0.506. The SMILES string of the molecule is C[C@H](O)c1cccc(OCc2ccc(Cl)c(Cl)c2)c1. The summed E-state index contributed by atoms with van der Waals surface area (Å²) in [7, 11) is 0. The largest absolute Gasteiger partial charge is 0.489 e.